The zero-order valence-electron chi connectivity index (χ0n) is 11.4. The molecule has 0 saturated carbocycles. The van der Waals surface area contributed by atoms with Crippen LogP contribution in [0.4, 0.5) is 0 Å². The Bertz CT molecular complexity index is 866. The van der Waals surface area contributed by atoms with E-state index in [0.717, 1.165) is 16.0 Å². The molecular formula is C15H13N3O2S. The van der Waals surface area contributed by atoms with E-state index in [1.807, 2.05) is 13.0 Å². The fourth-order valence-corrected chi connectivity index (χ4v) is 2.94. The summed E-state index contributed by atoms with van der Waals surface area (Å²) >= 11 is 1.46. The zero-order valence-corrected chi connectivity index (χ0v) is 12.3. The molecule has 1 aromatic carbocycles. The van der Waals surface area contributed by atoms with Gasteiger partial charge in [0.25, 0.3) is 5.56 Å². The van der Waals surface area contributed by atoms with Crippen LogP contribution in [0.5, 0.6) is 0 Å². The summed E-state index contributed by atoms with van der Waals surface area (Å²) in [6, 6.07) is 10.7. The maximum Gasteiger partial charge on any atom is 0.278 e. The van der Waals surface area contributed by atoms with E-state index in [0.29, 0.717) is 15.8 Å². The van der Waals surface area contributed by atoms with Crippen molar-refractivity contribution in [1.82, 2.24) is 15.0 Å². The molecule has 0 spiro atoms. The lowest BCUT2D eigenvalue weighted by Crippen LogP contribution is -2.27. The first kappa shape index (κ1) is 13.6. The Kier molecular flexibility index (Phi) is 3.62. The number of fused-ring (bicyclic) bond motifs is 1. The zero-order chi connectivity index (χ0) is 14.8. The number of carbonyl (C=O) groups is 1. The van der Waals surface area contributed by atoms with E-state index in [4.69, 9.17) is 0 Å². The van der Waals surface area contributed by atoms with Crippen LogP contribution < -0.4 is 5.56 Å². The average molecular weight is 299 g/mol. The topological polar surface area (TPSA) is 64.8 Å². The highest BCUT2D eigenvalue weighted by Gasteiger charge is 2.13. The van der Waals surface area contributed by atoms with E-state index < -0.39 is 0 Å². The molecule has 21 heavy (non-hydrogen) atoms. The van der Waals surface area contributed by atoms with E-state index in [1.54, 1.807) is 30.3 Å². The highest BCUT2D eigenvalue weighted by atomic mass is 32.1. The number of rotatable bonds is 4. The summed E-state index contributed by atoms with van der Waals surface area (Å²) in [7, 11) is 0. The maximum atomic E-state index is 12.3. The molecule has 3 rings (SSSR count). The molecule has 0 aliphatic heterocycles. The van der Waals surface area contributed by atoms with Crippen LogP contribution in [0, 0.1) is 0 Å². The van der Waals surface area contributed by atoms with Crippen LogP contribution in [0.15, 0.2) is 41.2 Å². The van der Waals surface area contributed by atoms with Crippen LogP contribution in [0.2, 0.25) is 0 Å². The Labute approximate surface area is 124 Å². The number of hydrogen-bond acceptors (Lipinski definition) is 5. The summed E-state index contributed by atoms with van der Waals surface area (Å²) in [5.41, 5.74) is 0.247. The Balaban J connectivity index is 1.93. The third kappa shape index (κ3) is 2.62. The third-order valence-corrected chi connectivity index (χ3v) is 4.48. The number of aromatic nitrogens is 3. The minimum absolute atomic E-state index is 0.0830. The van der Waals surface area contributed by atoms with Crippen molar-refractivity contribution in [3.8, 4) is 0 Å². The van der Waals surface area contributed by atoms with Gasteiger partial charge in [0.2, 0.25) is 0 Å². The second kappa shape index (κ2) is 5.57. The van der Waals surface area contributed by atoms with Gasteiger partial charge in [0, 0.05) is 4.88 Å². The van der Waals surface area contributed by atoms with Crippen LogP contribution >= 0.6 is 11.3 Å². The molecule has 3 aromatic rings. The highest BCUT2D eigenvalue weighted by Crippen LogP contribution is 2.17. The molecule has 0 fully saturated rings. The predicted octanol–water partition coefficient (Wildman–Crippen LogP) is 2.30. The number of ketones is 1. The Morgan fingerprint density at radius 1 is 1.24 bits per heavy atom. The van der Waals surface area contributed by atoms with Gasteiger partial charge in [-0.05, 0) is 30.7 Å². The molecule has 0 aliphatic carbocycles. The van der Waals surface area contributed by atoms with Gasteiger partial charge < -0.3 is 0 Å². The lowest BCUT2D eigenvalue weighted by Gasteiger charge is -2.03. The number of thiophene rings is 1. The van der Waals surface area contributed by atoms with Crippen LogP contribution in [0.1, 0.15) is 21.5 Å². The second-order valence-corrected chi connectivity index (χ2v) is 5.78. The smallest absolute Gasteiger partial charge is 0.278 e. The fourth-order valence-electron chi connectivity index (χ4n) is 2.06. The predicted molar refractivity (Wildman–Crippen MR) is 81.8 cm³/mol. The lowest BCUT2D eigenvalue weighted by molar-refractivity contribution is 0.0968. The molecule has 6 heteroatoms. The Morgan fingerprint density at radius 3 is 2.81 bits per heavy atom. The van der Waals surface area contributed by atoms with Crippen molar-refractivity contribution >= 4 is 28.0 Å². The highest BCUT2D eigenvalue weighted by molar-refractivity contribution is 7.14. The molecule has 0 atom stereocenters. The number of benzene rings is 1. The van der Waals surface area contributed by atoms with Gasteiger partial charge in [-0.25, -0.2) is 4.68 Å². The van der Waals surface area contributed by atoms with E-state index in [2.05, 4.69) is 10.3 Å². The van der Waals surface area contributed by atoms with E-state index in [9.17, 15) is 9.59 Å². The van der Waals surface area contributed by atoms with Gasteiger partial charge in [-0.15, -0.1) is 16.4 Å². The molecule has 2 aromatic heterocycles. The van der Waals surface area contributed by atoms with Gasteiger partial charge in [0.05, 0.1) is 10.3 Å². The van der Waals surface area contributed by atoms with Crippen LogP contribution in [0.25, 0.3) is 10.9 Å². The molecular weight excluding hydrogens is 286 g/mol. The van der Waals surface area contributed by atoms with Crippen LogP contribution in [0.3, 0.4) is 0 Å². The Morgan fingerprint density at radius 2 is 2.05 bits per heavy atom. The van der Waals surface area contributed by atoms with Gasteiger partial charge in [-0.2, -0.15) is 0 Å². The summed E-state index contributed by atoms with van der Waals surface area (Å²) in [5, 5.41) is 8.28. The van der Waals surface area contributed by atoms with E-state index in [1.165, 1.54) is 11.3 Å². The van der Waals surface area contributed by atoms with Gasteiger partial charge in [0.1, 0.15) is 12.1 Å². The molecule has 0 radical (unpaired) electrons. The van der Waals surface area contributed by atoms with Crippen molar-refractivity contribution in [2.24, 2.45) is 0 Å². The SMILES string of the molecule is CCc1ccc(C(=O)Cn2nnc3ccccc3c2=O)s1. The van der Waals surface area contributed by atoms with Crippen molar-refractivity contribution < 1.29 is 4.79 Å². The number of hydrogen-bond donors (Lipinski definition) is 0. The van der Waals surface area contributed by atoms with Gasteiger partial charge in [-0.1, -0.05) is 24.3 Å². The first-order valence-corrected chi connectivity index (χ1v) is 7.45. The summed E-state index contributed by atoms with van der Waals surface area (Å²) in [6.45, 7) is 1.96. The van der Waals surface area contributed by atoms with E-state index in [-0.39, 0.29) is 17.9 Å². The first-order chi connectivity index (χ1) is 10.2. The maximum absolute atomic E-state index is 12.3. The lowest BCUT2D eigenvalue weighted by atomic mass is 10.2. The quantitative estimate of drug-likeness (QED) is 0.693. The Hall–Kier alpha value is -2.34. The molecule has 0 unspecified atom stereocenters. The molecule has 0 N–H and O–H groups in total. The third-order valence-electron chi connectivity index (χ3n) is 3.21. The number of carbonyl (C=O) groups excluding carboxylic acids is 1. The molecule has 0 saturated heterocycles. The van der Waals surface area contributed by atoms with Gasteiger partial charge in [-0.3, -0.25) is 9.59 Å². The minimum Gasteiger partial charge on any atom is -0.291 e. The first-order valence-electron chi connectivity index (χ1n) is 6.63. The van der Waals surface area contributed by atoms with Gasteiger partial charge in [0.15, 0.2) is 5.78 Å². The minimum atomic E-state index is -0.291. The molecule has 106 valence electrons. The fraction of sp³-hybridized carbons (Fsp3) is 0.200. The van der Waals surface area contributed by atoms with Crippen molar-refractivity contribution in [2.45, 2.75) is 19.9 Å². The van der Waals surface area contributed by atoms with Crippen LogP contribution in [-0.4, -0.2) is 20.8 Å². The monoisotopic (exact) mass is 299 g/mol. The largest absolute Gasteiger partial charge is 0.291 e. The molecule has 0 bridgehead atoms. The van der Waals surface area contributed by atoms with Crippen molar-refractivity contribution in [3.05, 3.63) is 56.5 Å². The number of Topliss-reactive ketones (excluding diaryl/α,β-unsaturated/α-hetero) is 1. The molecule has 5 nitrogen and oxygen atoms in total. The molecule has 2 heterocycles. The average Bonchev–Trinajstić information content (AvgIpc) is 2.99. The summed E-state index contributed by atoms with van der Waals surface area (Å²) in [5.74, 6) is -0.119. The second-order valence-electron chi connectivity index (χ2n) is 4.61. The van der Waals surface area contributed by atoms with E-state index >= 15 is 0 Å². The normalized spacial score (nSPS) is 10.9. The summed E-state index contributed by atoms with van der Waals surface area (Å²) in [6.07, 6.45) is 0.897. The van der Waals surface area contributed by atoms with Crippen molar-refractivity contribution in [1.29, 1.82) is 0 Å². The molecule has 0 amide bonds. The summed E-state index contributed by atoms with van der Waals surface area (Å²) in [4.78, 5) is 26.3. The van der Waals surface area contributed by atoms with Crippen molar-refractivity contribution in [3.63, 3.8) is 0 Å². The number of nitrogens with zero attached hydrogens (tertiary/aromatic N) is 3. The standard InChI is InChI=1S/C15H13N3O2S/c1-2-10-7-8-14(21-10)13(19)9-18-15(20)11-5-3-4-6-12(11)16-17-18/h3-8H,2,9H2,1H3. The molecule has 0 aliphatic rings. The van der Waals surface area contributed by atoms with Crippen molar-refractivity contribution in [2.75, 3.05) is 0 Å². The van der Waals surface area contributed by atoms with Gasteiger partial charge >= 0.3 is 0 Å². The van der Waals surface area contributed by atoms with Crippen LogP contribution in [-0.2, 0) is 13.0 Å². The summed E-state index contributed by atoms with van der Waals surface area (Å²) < 4.78 is 1.12. The number of aryl methyl sites for hydroxylation is 1.